The minimum Gasteiger partial charge on any atom is -0.481 e. The Labute approximate surface area is 150 Å². The van der Waals surface area contributed by atoms with E-state index in [1.807, 2.05) is 0 Å². The normalized spacial score (nSPS) is 14.7. The van der Waals surface area contributed by atoms with Crippen LogP contribution in [0.25, 0.3) is 11.0 Å². The van der Waals surface area contributed by atoms with Crippen LogP contribution in [0.4, 0.5) is 5.69 Å². The molecular formula is C15H14BrN5O4. The van der Waals surface area contributed by atoms with Gasteiger partial charge in [-0.3, -0.25) is 24.7 Å². The highest BCUT2D eigenvalue weighted by molar-refractivity contribution is 9.10. The van der Waals surface area contributed by atoms with E-state index in [4.69, 9.17) is 5.11 Å². The van der Waals surface area contributed by atoms with Crippen LogP contribution in [0, 0.1) is 0 Å². The van der Waals surface area contributed by atoms with Crippen molar-refractivity contribution < 1.29 is 19.8 Å². The van der Waals surface area contributed by atoms with Crippen LogP contribution in [-0.2, 0) is 9.59 Å². The first-order valence-electron chi connectivity index (χ1n) is 7.40. The number of rotatable bonds is 5. The smallest absolute Gasteiger partial charge is 0.327 e. The van der Waals surface area contributed by atoms with Crippen LogP contribution in [0.15, 0.2) is 34.0 Å². The average Bonchev–Trinajstić information content (AvgIpc) is 3.10. The number of nitrogens with one attached hydrogen (secondary N) is 1. The number of nitrogens with zero attached hydrogens (tertiary/aromatic N) is 4. The Hall–Kier alpha value is -2.75. The third kappa shape index (κ3) is 3.38. The van der Waals surface area contributed by atoms with E-state index in [9.17, 15) is 14.7 Å². The average molecular weight is 408 g/mol. The van der Waals surface area contributed by atoms with Crippen LogP contribution in [0.1, 0.15) is 6.42 Å². The Morgan fingerprint density at radius 2 is 2.04 bits per heavy atom. The van der Waals surface area contributed by atoms with E-state index in [2.05, 4.69) is 36.2 Å². The van der Waals surface area contributed by atoms with Gasteiger partial charge in [0.2, 0.25) is 0 Å². The van der Waals surface area contributed by atoms with Gasteiger partial charge in [0.15, 0.2) is 5.96 Å². The van der Waals surface area contributed by atoms with Gasteiger partial charge in [0.05, 0.1) is 28.6 Å². The highest BCUT2D eigenvalue weighted by atomic mass is 79.9. The van der Waals surface area contributed by atoms with E-state index in [0.29, 0.717) is 40.2 Å². The minimum absolute atomic E-state index is 0.317. The Morgan fingerprint density at radius 1 is 1.28 bits per heavy atom. The van der Waals surface area contributed by atoms with Gasteiger partial charge in [-0.15, -0.1) is 0 Å². The number of halogens is 1. The second kappa shape index (κ2) is 7.01. The highest BCUT2D eigenvalue weighted by Gasteiger charge is 2.34. The summed E-state index contributed by atoms with van der Waals surface area (Å²) in [5, 5.41) is 21.7. The quantitative estimate of drug-likeness (QED) is 0.671. The summed E-state index contributed by atoms with van der Waals surface area (Å²) in [4.78, 5) is 37.0. The van der Waals surface area contributed by atoms with Crippen LogP contribution in [0.3, 0.4) is 0 Å². The molecule has 1 atom stereocenters. The standard InChI is InChI=1S/C15H14BrN5O4/c16-12-9(2-1-8-13(12)18-4-3-17-8)21(15-19-5-6-20-15)10(14(24)25)7-11(22)23/h1-4,10H,5-7H2,(H,19,20)(H,22,23)(H,24,25). The molecule has 0 radical (unpaired) electrons. The maximum absolute atomic E-state index is 11.8. The molecule has 2 heterocycles. The lowest BCUT2D eigenvalue weighted by atomic mass is 10.1. The lowest BCUT2D eigenvalue weighted by Gasteiger charge is -2.30. The molecule has 0 spiro atoms. The Bertz CT molecular complexity index is 872. The first-order chi connectivity index (χ1) is 12.0. The number of guanidine groups is 1. The fourth-order valence-corrected chi connectivity index (χ4v) is 3.24. The van der Waals surface area contributed by atoms with E-state index < -0.39 is 24.4 Å². The number of fused-ring (bicyclic) bond motifs is 1. The number of carboxylic acid groups (broad SMARTS) is 2. The molecule has 1 unspecified atom stereocenters. The summed E-state index contributed by atoms with van der Waals surface area (Å²) < 4.78 is 0.520. The number of hydrogen-bond acceptors (Lipinski definition) is 7. The molecule has 0 saturated carbocycles. The summed E-state index contributed by atoms with van der Waals surface area (Å²) >= 11 is 3.45. The van der Waals surface area contributed by atoms with Crippen LogP contribution in [0.5, 0.6) is 0 Å². The summed E-state index contributed by atoms with van der Waals surface area (Å²) in [7, 11) is 0. The van der Waals surface area contributed by atoms with Gasteiger partial charge in [-0.2, -0.15) is 0 Å². The van der Waals surface area contributed by atoms with Crippen molar-refractivity contribution in [3.8, 4) is 0 Å². The van der Waals surface area contributed by atoms with E-state index in [1.165, 1.54) is 11.1 Å². The Kier molecular flexibility index (Phi) is 4.79. The van der Waals surface area contributed by atoms with Gasteiger partial charge in [0, 0.05) is 18.9 Å². The SMILES string of the molecule is O=C(O)CC(C(=O)O)N(C1=NCCN1)c1ccc2nccnc2c1Br. The van der Waals surface area contributed by atoms with Gasteiger partial charge in [0.25, 0.3) is 0 Å². The summed E-state index contributed by atoms with van der Waals surface area (Å²) in [6, 6.07) is 2.04. The van der Waals surface area contributed by atoms with Crippen molar-refractivity contribution in [2.75, 3.05) is 18.0 Å². The van der Waals surface area contributed by atoms with Crippen molar-refractivity contribution >= 4 is 50.5 Å². The lowest BCUT2D eigenvalue weighted by Crippen LogP contribution is -2.50. The molecule has 9 nitrogen and oxygen atoms in total. The van der Waals surface area contributed by atoms with Crippen LogP contribution < -0.4 is 10.2 Å². The molecule has 0 amide bonds. The lowest BCUT2D eigenvalue weighted by molar-refractivity contribution is -0.144. The third-order valence-electron chi connectivity index (χ3n) is 3.67. The fraction of sp³-hybridized carbons (Fsp3) is 0.267. The molecule has 0 bridgehead atoms. The molecule has 2 aromatic rings. The van der Waals surface area contributed by atoms with Crippen molar-refractivity contribution in [1.29, 1.82) is 0 Å². The van der Waals surface area contributed by atoms with Crippen molar-refractivity contribution in [1.82, 2.24) is 15.3 Å². The van der Waals surface area contributed by atoms with Crippen LogP contribution in [0.2, 0.25) is 0 Å². The molecule has 25 heavy (non-hydrogen) atoms. The van der Waals surface area contributed by atoms with Crippen molar-refractivity contribution in [3.63, 3.8) is 0 Å². The first-order valence-corrected chi connectivity index (χ1v) is 8.19. The largest absolute Gasteiger partial charge is 0.481 e. The van der Waals surface area contributed by atoms with Gasteiger partial charge in [0.1, 0.15) is 11.6 Å². The van der Waals surface area contributed by atoms with Crippen molar-refractivity contribution in [2.24, 2.45) is 4.99 Å². The van der Waals surface area contributed by atoms with Crippen molar-refractivity contribution in [3.05, 3.63) is 29.0 Å². The molecule has 1 aromatic heterocycles. The van der Waals surface area contributed by atoms with Gasteiger partial charge >= 0.3 is 11.9 Å². The zero-order valence-corrected chi connectivity index (χ0v) is 14.5. The molecule has 0 saturated heterocycles. The molecule has 130 valence electrons. The zero-order chi connectivity index (χ0) is 18.0. The van der Waals surface area contributed by atoms with Gasteiger partial charge in [-0.05, 0) is 28.1 Å². The van der Waals surface area contributed by atoms with E-state index in [-0.39, 0.29) is 0 Å². The highest BCUT2D eigenvalue weighted by Crippen LogP contribution is 2.34. The van der Waals surface area contributed by atoms with E-state index in [1.54, 1.807) is 18.3 Å². The van der Waals surface area contributed by atoms with E-state index in [0.717, 1.165) is 0 Å². The third-order valence-corrected chi connectivity index (χ3v) is 4.45. The zero-order valence-electron chi connectivity index (χ0n) is 12.9. The number of benzene rings is 1. The number of carboxylic acids is 2. The summed E-state index contributed by atoms with van der Waals surface area (Å²) in [5.41, 5.74) is 1.63. The number of aliphatic imine (C=N–C) groups is 1. The predicted molar refractivity (Wildman–Crippen MR) is 93.7 cm³/mol. The van der Waals surface area contributed by atoms with Crippen molar-refractivity contribution in [2.45, 2.75) is 12.5 Å². The summed E-state index contributed by atoms with van der Waals surface area (Å²) in [5.74, 6) is -2.16. The maximum Gasteiger partial charge on any atom is 0.327 e. The Morgan fingerprint density at radius 3 is 2.68 bits per heavy atom. The minimum atomic E-state index is -1.33. The van der Waals surface area contributed by atoms with Gasteiger partial charge in [-0.25, -0.2) is 4.79 Å². The van der Waals surface area contributed by atoms with E-state index >= 15 is 0 Å². The second-order valence-corrected chi connectivity index (χ2v) is 6.07. The molecule has 3 N–H and O–H groups in total. The molecule has 1 aliphatic rings. The Balaban J connectivity index is 2.16. The number of anilines is 1. The maximum atomic E-state index is 11.8. The molecule has 0 aliphatic carbocycles. The van der Waals surface area contributed by atoms with Gasteiger partial charge in [-0.1, -0.05) is 0 Å². The second-order valence-electron chi connectivity index (χ2n) is 5.28. The van der Waals surface area contributed by atoms with Gasteiger partial charge < -0.3 is 15.5 Å². The molecule has 0 fully saturated rings. The first kappa shape index (κ1) is 17.1. The number of carbonyl (C=O) groups is 2. The summed E-state index contributed by atoms with van der Waals surface area (Å²) in [6.45, 7) is 1.03. The summed E-state index contributed by atoms with van der Waals surface area (Å²) in [6.07, 6.45) is 2.50. The number of aromatic nitrogens is 2. The monoisotopic (exact) mass is 407 g/mol. The molecular weight excluding hydrogens is 394 g/mol. The number of hydrogen-bond donors (Lipinski definition) is 3. The topological polar surface area (TPSA) is 128 Å². The fourth-order valence-electron chi connectivity index (χ4n) is 2.61. The predicted octanol–water partition coefficient (Wildman–Crippen LogP) is 1.09. The van der Waals surface area contributed by atoms with Crippen LogP contribution >= 0.6 is 15.9 Å². The molecule has 1 aromatic carbocycles. The number of aliphatic carboxylic acids is 2. The molecule has 3 rings (SSSR count). The van der Waals surface area contributed by atoms with Crippen LogP contribution in [-0.4, -0.2) is 57.2 Å². The molecule has 10 heteroatoms. The molecule has 1 aliphatic heterocycles.